The van der Waals surface area contributed by atoms with Crippen LogP contribution in [0.25, 0.3) is 17.2 Å². The third-order valence-corrected chi connectivity index (χ3v) is 4.75. The molecule has 138 valence electrons. The molecule has 0 bridgehead atoms. The standard InChI is InChI=1S/C24H20N2O2/c1-17-7-9-19(10-8-17)16-26-23(27)22(25-24(26)28)15-18-11-13-21(14-12-18)20-5-3-2-4-6-20/h2-15H,16H2,1H3,(H,25,28)/b22-15+. The predicted octanol–water partition coefficient (Wildman–Crippen LogP) is 4.75. The predicted molar refractivity (Wildman–Crippen MR) is 110 cm³/mol. The molecule has 0 saturated carbocycles. The summed E-state index contributed by atoms with van der Waals surface area (Å²) < 4.78 is 0. The Bertz CT molecular complexity index is 1040. The molecule has 1 heterocycles. The van der Waals surface area contributed by atoms with E-state index in [4.69, 9.17) is 0 Å². The summed E-state index contributed by atoms with van der Waals surface area (Å²) in [6, 6.07) is 25.4. The van der Waals surface area contributed by atoms with Crippen molar-refractivity contribution in [2.24, 2.45) is 0 Å². The fraction of sp³-hybridized carbons (Fsp3) is 0.0833. The zero-order valence-corrected chi connectivity index (χ0v) is 15.6. The average Bonchev–Trinajstić information content (AvgIpc) is 2.98. The molecular formula is C24H20N2O2. The van der Waals surface area contributed by atoms with E-state index in [1.165, 1.54) is 4.90 Å². The lowest BCUT2D eigenvalue weighted by atomic mass is 10.0. The third kappa shape index (κ3) is 3.71. The van der Waals surface area contributed by atoms with Crippen molar-refractivity contribution in [2.75, 3.05) is 0 Å². The summed E-state index contributed by atoms with van der Waals surface area (Å²) in [6.07, 6.45) is 1.71. The first-order chi connectivity index (χ1) is 13.6. The molecule has 0 spiro atoms. The number of hydrogen-bond donors (Lipinski definition) is 1. The minimum absolute atomic E-state index is 0.259. The minimum atomic E-state index is -0.391. The molecule has 1 aliphatic rings. The number of carbonyl (C=O) groups excluding carboxylic acids is 2. The molecule has 4 rings (SSSR count). The SMILES string of the molecule is Cc1ccc(CN2C(=O)N/C(=C/c3ccc(-c4ccccc4)cc3)C2=O)cc1. The van der Waals surface area contributed by atoms with Gasteiger partial charge >= 0.3 is 6.03 Å². The molecule has 4 heteroatoms. The highest BCUT2D eigenvalue weighted by molar-refractivity contribution is 6.13. The second-order valence-electron chi connectivity index (χ2n) is 6.85. The van der Waals surface area contributed by atoms with Crippen LogP contribution < -0.4 is 5.32 Å². The molecule has 0 unspecified atom stereocenters. The van der Waals surface area contributed by atoms with Crippen molar-refractivity contribution in [2.45, 2.75) is 13.5 Å². The molecule has 1 aliphatic heterocycles. The van der Waals surface area contributed by atoms with Gasteiger partial charge in [0, 0.05) is 0 Å². The van der Waals surface area contributed by atoms with Crippen LogP contribution in [0.3, 0.4) is 0 Å². The fourth-order valence-corrected chi connectivity index (χ4v) is 3.16. The first kappa shape index (κ1) is 17.7. The van der Waals surface area contributed by atoms with E-state index in [0.717, 1.165) is 27.8 Å². The summed E-state index contributed by atoms with van der Waals surface area (Å²) in [5.74, 6) is -0.308. The van der Waals surface area contributed by atoms with Crippen LogP contribution in [0.5, 0.6) is 0 Å². The monoisotopic (exact) mass is 368 g/mol. The summed E-state index contributed by atoms with van der Waals surface area (Å²) in [5, 5.41) is 2.68. The second kappa shape index (κ2) is 7.53. The maximum atomic E-state index is 12.7. The number of hydrogen-bond acceptors (Lipinski definition) is 2. The number of carbonyl (C=O) groups is 2. The van der Waals surface area contributed by atoms with E-state index in [1.54, 1.807) is 6.08 Å². The van der Waals surface area contributed by atoms with Gasteiger partial charge in [-0.25, -0.2) is 4.79 Å². The molecule has 0 aromatic heterocycles. The first-order valence-electron chi connectivity index (χ1n) is 9.16. The van der Waals surface area contributed by atoms with Gasteiger partial charge in [0.05, 0.1) is 6.54 Å². The molecule has 1 fully saturated rings. The van der Waals surface area contributed by atoms with E-state index in [1.807, 2.05) is 73.7 Å². The smallest absolute Gasteiger partial charge is 0.303 e. The van der Waals surface area contributed by atoms with Crippen LogP contribution in [-0.2, 0) is 11.3 Å². The Morgan fingerprint density at radius 2 is 1.46 bits per heavy atom. The maximum Gasteiger partial charge on any atom is 0.329 e. The normalized spacial score (nSPS) is 15.2. The average molecular weight is 368 g/mol. The highest BCUT2D eigenvalue weighted by Gasteiger charge is 2.33. The van der Waals surface area contributed by atoms with Gasteiger partial charge in [0.2, 0.25) is 0 Å². The second-order valence-corrected chi connectivity index (χ2v) is 6.85. The Hall–Kier alpha value is -3.66. The number of nitrogens with zero attached hydrogens (tertiary/aromatic N) is 1. The van der Waals surface area contributed by atoms with Gasteiger partial charge in [0.25, 0.3) is 5.91 Å². The van der Waals surface area contributed by atoms with Gasteiger partial charge in [-0.1, -0.05) is 84.4 Å². The molecule has 3 amide bonds. The van der Waals surface area contributed by atoms with E-state index in [-0.39, 0.29) is 12.5 Å². The largest absolute Gasteiger partial charge is 0.329 e. The Kier molecular flexibility index (Phi) is 4.77. The lowest BCUT2D eigenvalue weighted by molar-refractivity contribution is -0.123. The Labute approximate surface area is 164 Å². The van der Waals surface area contributed by atoms with E-state index in [0.29, 0.717) is 5.70 Å². The molecule has 1 saturated heterocycles. The van der Waals surface area contributed by atoms with Gasteiger partial charge in [-0.05, 0) is 35.3 Å². The van der Waals surface area contributed by atoms with Crippen molar-refractivity contribution in [1.29, 1.82) is 0 Å². The summed E-state index contributed by atoms with van der Waals surface area (Å²) in [7, 11) is 0. The fourth-order valence-electron chi connectivity index (χ4n) is 3.16. The van der Waals surface area contributed by atoms with Gasteiger partial charge in [-0.15, -0.1) is 0 Å². The van der Waals surface area contributed by atoms with Crippen molar-refractivity contribution in [3.05, 3.63) is 101 Å². The van der Waals surface area contributed by atoms with Crippen molar-refractivity contribution in [1.82, 2.24) is 10.2 Å². The number of urea groups is 1. The minimum Gasteiger partial charge on any atom is -0.303 e. The third-order valence-electron chi connectivity index (χ3n) is 4.75. The lowest BCUT2D eigenvalue weighted by Crippen LogP contribution is -2.30. The van der Waals surface area contributed by atoms with Crippen LogP contribution in [0, 0.1) is 6.92 Å². The number of nitrogens with one attached hydrogen (secondary N) is 1. The molecule has 4 nitrogen and oxygen atoms in total. The van der Waals surface area contributed by atoms with Crippen molar-refractivity contribution in [3.8, 4) is 11.1 Å². The highest BCUT2D eigenvalue weighted by atomic mass is 16.2. The molecule has 3 aromatic carbocycles. The van der Waals surface area contributed by atoms with Crippen LogP contribution >= 0.6 is 0 Å². The van der Waals surface area contributed by atoms with E-state index < -0.39 is 6.03 Å². The number of rotatable bonds is 4. The van der Waals surface area contributed by atoms with Crippen molar-refractivity contribution < 1.29 is 9.59 Å². The van der Waals surface area contributed by atoms with Gasteiger partial charge in [-0.3, -0.25) is 9.69 Å². The quantitative estimate of drug-likeness (QED) is 0.533. The number of imide groups is 1. The van der Waals surface area contributed by atoms with E-state index in [9.17, 15) is 9.59 Å². The first-order valence-corrected chi connectivity index (χ1v) is 9.16. The van der Waals surface area contributed by atoms with E-state index in [2.05, 4.69) is 17.4 Å². The van der Waals surface area contributed by atoms with Crippen LogP contribution in [0.4, 0.5) is 4.79 Å². The molecule has 0 aliphatic carbocycles. The van der Waals surface area contributed by atoms with E-state index >= 15 is 0 Å². The molecule has 0 atom stereocenters. The Morgan fingerprint density at radius 1 is 0.821 bits per heavy atom. The Morgan fingerprint density at radius 3 is 2.14 bits per heavy atom. The lowest BCUT2D eigenvalue weighted by Gasteiger charge is -2.11. The summed E-state index contributed by atoms with van der Waals surface area (Å²) in [6.45, 7) is 2.26. The van der Waals surface area contributed by atoms with Crippen LogP contribution in [0.2, 0.25) is 0 Å². The summed E-state index contributed by atoms with van der Waals surface area (Å²) in [4.78, 5) is 26.1. The number of aryl methyl sites for hydroxylation is 1. The summed E-state index contributed by atoms with van der Waals surface area (Å²) >= 11 is 0. The van der Waals surface area contributed by atoms with Gasteiger partial charge in [-0.2, -0.15) is 0 Å². The van der Waals surface area contributed by atoms with Crippen molar-refractivity contribution >= 4 is 18.0 Å². The molecule has 1 N–H and O–H groups in total. The highest BCUT2D eigenvalue weighted by Crippen LogP contribution is 2.21. The van der Waals surface area contributed by atoms with Crippen LogP contribution in [0.15, 0.2) is 84.6 Å². The number of benzene rings is 3. The maximum absolute atomic E-state index is 12.7. The molecule has 3 aromatic rings. The Balaban J connectivity index is 1.51. The number of amides is 3. The molecule has 28 heavy (non-hydrogen) atoms. The van der Waals surface area contributed by atoms with Gasteiger partial charge in [0.1, 0.15) is 5.70 Å². The zero-order valence-electron chi connectivity index (χ0n) is 15.6. The summed E-state index contributed by atoms with van der Waals surface area (Å²) in [5.41, 5.74) is 5.45. The molecular weight excluding hydrogens is 348 g/mol. The van der Waals surface area contributed by atoms with Gasteiger partial charge < -0.3 is 5.32 Å². The topological polar surface area (TPSA) is 49.4 Å². The van der Waals surface area contributed by atoms with Crippen LogP contribution in [-0.4, -0.2) is 16.8 Å². The molecule has 0 radical (unpaired) electrons. The van der Waals surface area contributed by atoms with Crippen LogP contribution in [0.1, 0.15) is 16.7 Å². The van der Waals surface area contributed by atoms with Crippen molar-refractivity contribution in [3.63, 3.8) is 0 Å². The van der Waals surface area contributed by atoms with Gasteiger partial charge in [0.15, 0.2) is 0 Å². The zero-order chi connectivity index (χ0) is 19.5.